The summed E-state index contributed by atoms with van der Waals surface area (Å²) in [7, 11) is 0. The zero-order valence-electron chi connectivity index (χ0n) is 13.5. The van der Waals surface area contributed by atoms with E-state index in [1.54, 1.807) is 16.8 Å². The molecular weight excluding hydrogens is 322 g/mol. The largest absolute Gasteiger partial charge is 0.304 e. The molecule has 122 valence electrons. The number of H-pyrrole nitrogens is 1. The Balaban J connectivity index is 1.89. The van der Waals surface area contributed by atoms with Crippen LogP contribution in [0, 0.1) is 21.9 Å². The summed E-state index contributed by atoms with van der Waals surface area (Å²) in [5.41, 5.74) is 2.45. The quantitative estimate of drug-likeness (QED) is 0.722. The summed E-state index contributed by atoms with van der Waals surface area (Å²) in [6.45, 7) is 5.60. The zero-order valence-corrected chi connectivity index (χ0v) is 14.3. The number of rotatable bonds is 5. The molecule has 8 heteroatoms. The molecule has 0 amide bonds. The number of nitrogens with one attached hydrogen (secondary N) is 1. The molecule has 3 aromatic rings. The first-order chi connectivity index (χ1) is 11.6. The van der Waals surface area contributed by atoms with Crippen molar-refractivity contribution < 1.29 is 0 Å². The van der Waals surface area contributed by atoms with E-state index in [0.29, 0.717) is 28.5 Å². The summed E-state index contributed by atoms with van der Waals surface area (Å²) in [5, 5.41) is 24.0. The third kappa shape index (κ3) is 3.26. The van der Waals surface area contributed by atoms with Gasteiger partial charge in [0.1, 0.15) is 4.64 Å². The van der Waals surface area contributed by atoms with E-state index in [4.69, 9.17) is 17.5 Å². The molecular formula is C16H17N7S. The SMILES string of the molecule is CC(C)Cn1[nH]cc(-c2nnnn2Cc2ccc(C#N)cc2)c1=S. The van der Waals surface area contributed by atoms with Crippen molar-refractivity contribution in [3.8, 4) is 17.5 Å². The molecule has 0 aliphatic carbocycles. The number of tetrazole rings is 1. The van der Waals surface area contributed by atoms with Crippen molar-refractivity contribution in [2.24, 2.45) is 5.92 Å². The molecule has 1 N–H and O–H groups in total. The van der Waals surface area contributed by atoms with Crippen molar-refractivity contribution in [3.63, 3.8) is 0 Å². The number of nitrogens with zero attached hydrogens (tertiary/aromatic N) is 6. The second-order valence-corrected chi connectivity index (χ2v) is 6.35. The molecule has 2 aromatic heterocycles. The van der Waals surface area contributed by atoms with Crippen LogP contribution >= 0.6 is 12.2 Å². The molecule has 0 fully saturated rings. The lowest BCUT2D eigenvalue weighted by molar-refractivity contribution is 0.479. The van der Waals surface area contributed by atoms with Crippen LogP contribution in [0.5, 0.6) is 0 Å². The van der Waals surface area contributed by atoms with E-state index >= 15 is 0 Å². The van der Waals surface area contributed by atoms with E-state index in [2.05, 4.69) is 40.5 Å². The fourth-order valence-electron chi connectivity index (χ4n) is 2.43. The summed E-state index contributed by atoms with van der Waals surface area (Å²) in [6, 6.07) is 9.47. The number of aromatic amines is 1. The van der Waals surface area contributed by atoms with Gasteiger partial charge in [-0.3, -0.25) is 4.68 Å². The third-order valence-corrected chi connectivity index (χ3v) is 4.02. The predicted molar refractivity (Wildman–Crippen MR) is 91.5 cm³/mol. The molecule has 0 atom stereocenters. The van der Waals surface area contributed by atoms with Crippen molar-refractivity contribution >= 4 is 12.2 Å². The first-order valence-electron chi connectivity index (χ1n) is 7.62. The van der Waals surface area contributed by atoms with Gasteiger partial charge < -0.3 is 5.10 Å². The van der Waals surface area contributed by atoms with E-state index in [9.17, 15) is 0 Å². The highest BCUT2D eigenvalue weighted by molar-refractivity contribution is 7.71. The second-order valence-electron chi connectivity index (χ2n) is 5.97. The number of aromatic nitrogens is 6. The first-order valence-corrected chi connectivity index (χ1v) is 8.03. The maximum atomic E-state index is 8.87. The van der Waals surface area contributed by atoms with E-state index in [0.717, 1.165) is 17.7 Å². The first kappa shape index (κ1) is 16.1. The molecule has 2 heterocycles. The van der Waals surface area contributed by atoms with Crippen LogP contribution in [0.15, 0.2) is 30.5 Å². The van der Waals surface area contributed by atoms with Crippen LogP contribution in [0.4, 0.5) is 0 Å². The van der Waals surface area contributed by atoms with Crippen molar-refractivity contribution in [3.05, 3.63) is 46.2 Å². The molecule has 0 unspecified atom stereocenters. The molecule has 0 bridgehead atoms. The van der Waals surface area contributed by atoms with Gasteiger partial charge in [-0.05, 0) is 34.0 Å². The predicted octanol–water partition coefficient (Wildman–Crippen LogP) is 2.78. The van der Waals surface area contributed by atoms with E-state index < -0.39 is 0 Å². The Morgan fingerprint density at radius 2 is 2.04 bits per heavy atom. The molecule has 0 spiro atoms. The number of hydrogen-bond acceptors (Lipinski definition) is 5. The van der Waals surface area contributed by atoms with Gasteiger partial charge >= 0.3 is 0 Å². The van der Waals surface area contributed by atoms with Crippen molar-refractivity contribution in [2.75, 3.05) is 0 Å². The van der Waals surface area contributed by atoms with Gasteiger partial charge in [-0.15, -0.1) is 5.10 Å². The minimum Gasteiger partial charge on any atom is -0.304 e. The molecule has 0 saturated carbocycles. The summed E-state index contributed by atoms with van der Waals surface area (Å²) in [6.07, 6.45) is 1.84. The lowest BCUT2D eigenvalue weighted by atomic mass is 10.1. The van der Waals surface area contributed by atoms with Gasteiger partial charge in [-0.1, -0.05) is 38.2 Å². The third-order valence-electron chi connectivity index (χ3n) is 3.58. The highest BCUT2D eigenvalue weighted by atomic mass is 32.1. The van der Waals surface area contributed by atoms with Crippen LogP contribution in [0.2, 0.25) is 0 Å². The Labute approximate surface area is 144 Å². The second kappa shape index (κ2) is 6.76. The topological polar surface area (TPSA) is 88.1 Å². The number of hydrogen-bond donors (Lipinski definition) is 1. The van der Waals surface area contributed by atoms with Gasteiger partial charge in [-0.25, -0.2) is 4.68 Å². The normalized spacial score (nSPS) is 10.9. The van der Waals surface area contributed by atoms with Crippen LogP contribution in [-0.4, -0.2) is 30.0 Å². The molecule has 0 aliphatic heterocycles. The average Bonchev–Trinajstić information content (AvgIpc) is 3.15. The van der Waals surface area contributed by atoms with E-state index in [1.165, 1.54) is 0 Å². The molecule has 1 aromatic carbocycles. The van der Waals surface area contributed by atoms with Gasteiger partial charge in [0.05, 0.1) is 23.7 Å². The number of benzene rings is 1. The fraction of sp³-hybridized carbons (Fsp3) is 0.312. The lowest BCUT2D eigenvalue weighted by Crippen LogP contribution is -2.06. The number of nitriles is 1. The molecule has 0 saturated heterocycles. The van der Waals surface area contributed by atoms with Crippen LogP contribution in [-0.2, 0) is 13.1 Å². The Kier molecular flexibility index (Phi) is 4.53. The summed E-state index contributed by atoms with van der Waals surface area (Å²) in [4.78, 5) is 0. The average molecular weight is 339 g/mol. The molecule has 0 aliphatic rings. The Bertz CT molecular complexity index is 924. The van der Waals surface area contributed by atoms with E-state index in [1.807, 2.05) is 23.0 Å². The maximum Gasteiger partial charge on any atom is 0.186 e. The monoisotopic (exact) mass is 339 g/mol. The highest BCUT2D eigenvalue weighted by Crippen LogP contribution is 2.19. The molecule has 7 nitrogen and oxygen atoms in total. The fourth-order valence-corrected chi connectivity index (χ4v) is 2.71. The van der Waals surface area contributed by atoms with Crippen LogP contribution in [0.1, 0.15) is 25.0 Å². The van der Waals surface area contributed by atoms with E-state index in [-0.39, 0.29) is 0 Å². The van der Waals surface area contributed by atoms with Gasteiger partial charge in [0.25, 0.3) is 0 Å². The van der Waals surface area contributed by atoms with Crippen molar-refractivity contribution in [1.29, 1.82) is 5.26 Å². The molecule has 24 heavy (non-hydrogen) atoms. The zero-order chi connectivity index (χ0) is 17.1. The summed E-state index contributed by atoms with van der Waals surface area (Å²) in [5.74, 6) is 1.11. The molecule has 3 rings (SSSR count). The van der Waals surface area contributed by atoms with Crippen LogP contribution in [0.25, 0.3) is 11.4 Å². The standard InChI is InChI=1S/C16H17N7S/c1-11(2)9-23-16(24)14(8-18-23)15-19-20-21-22(15)10-13-5-3-12(7-17)4-6-13/h3-6,8,11,18H,9-10H2,1-2H3. The Hall–Kier alpha value is -2.79. The van der Waals surface area contributed by atoms with Crippen molar-refractivity contribution in [1.82, 2.24) is 30.0 Å². The summed E-state index contributed by atoms with van der Waals surface area (Å²) >= 11 is 5.54. The minimum absolute atomic E-state index is 0.484. The smallest absolute Gasteiger partial charge is 0.186 e. The van der Waals surface area contributed by atoms with Gasteiger partial charge in [0.2, 0.25) is 0 Å². The van der Waals surface area contributed by atoms with Gasteiger partial charge in [0.15, 0.2) is 5.82 Å². The summed E-state index contributed by atoms with van der Waals surface area (Å²) < 4.78 is 4.33. The van der Waals surface area contributed by atoms with Gasteiger partial charge in [0, 0.05) is 12.7 Å². The van der Waals surface area contributed by atoms with Crippen molar-refractivity contribution in [2.45, 2.75) is 26.9 Å². The van der Waals surface area contributed by atoms with Crippen LogP contribution in [0.3, 0.4) is 0 Å². The minimum atomic E-state index is 0.484. The Morgan fingerprint density at radius 3 is 2.71 bits per heavy atom. The van der Waals surface area contributed by atoms with Gasteiger partial charge in [-0.2, -0.15) is 5.26 Å². The maximum absolute atomic E-state index is 8.87. The Morgan fingerprint density at radius 1 is 1.29 bits per heavy atom. The lowest BCUT2D eigenvalue weighted by Gasteiger charge is -2.06. The highest BCUT2D eigenvalue weighted by Gasteiger charge is 2.14. The van der Waals surface area contributed by atoms with Crippen LogP contribution < -0.4 is 0 Å². The molecule has 0 radical (unpaired) electrons.